The first-order valence-electron chi connectivity index (χ1n) is 12.1. The molecule has 0 radical (unpaired) electrons. The Bertz CT molecular complexity index is 917. The third kappa shape index (κ3) is 6.21. The minimum atomic E-state index is -3.19. The molecule has 2 aliphatic heterocycles. The van der Waals surface area contributed by atoms with Crippen LogP contribution in [0.4, 0.5) is 4.79 Å². The Labute approximate surface area is 197 Å². The van der Waals surface area contributed by atoms with Gasteiger partial charge in [0.2, 0.25) is 0 Å². The summed E-state index contributed by atoms with van der Waals surface area (Å²) in [4.78, 5) is 14.9. The standard InChI is InChI=1S/C25H37NO6S/c1-25(2,3)32-24(27)26-17-5-6-18(26)16-22(15-17)31-20-9-7-19(8-10-20)30-21-11-13-23(14-12-21)33(4,28)29/h11-14,17-20,22H,5-10,15-16H2,1-4H3/t17-,18+,19-,20-,22-. The smallest absolute Gasteiger partial charge is 0.410 e. The quantitative estimate of drug-likeness (QED) is 0.607. The van der Waals surface area contributed by atoms with E-state index in [0.717, 1.165) is 51.4 Å². The van der Waals surface area contributed by atoms with Gasteiger partial charge in [0.05, 0.1) is 23.2 Å². The van der Waals surface area contributed by atoms with Crippen molar-refractivity contribution in [1.29, 1.82) is 0 Å². The zero-order valence-corrected chi connectivity index (χ0v) is 21.0. The maximum atomic E-state index is 12.6. The number of piperidine rings is 1. The molecule has 1 aliphatic carbocycles. The molecule has 33 heavy (non-hydrogen) atoms. The van der Waals surface area contributed by atoms with E-state index in [1.165, 1.54) is 6.26 Å². The van der Waals surface area contributed by atoms with Crippen LogP contribution in [0.25, 0.3) is 0 Å². The summed E-state index contributed by atoms with van der Waals surface area (Å²) in [6.07, 6.45) is 9.16. The molecule has 2 saturated heterocycles. The van der Waals surface area contributed by atoms with Gasteiger partial charge in [0.25, 0.3) is 0 Å². The van der Waals surface area contributed by atoms with Gasteiger partial charge >= 0.3 is 6.09 Å². The number of amides is 1. The van der Waals surface area contributed by atoms with E-state index in [9.17, 15) is 13.2 Å². The third-order valence-corrected chi connectivity index (χ3v) is 7.98. The van der Waals surface area contributed by atoms with Gasteiger partial charge in [-0.2, -0.15) is 0 Å². The van der Waals surface area contributed by atoms with Gasteiger partial charge in [-0.3, -0.25) is 0 Å². The predicted molar refractivity (Wildman–Crippen MR) is 125 cm³/mol. The number of rotatable bonds is 5. The first kappa shape index (κ1) is 24.3. The molecule has 3 atom stereocenters. The number of nitrogens with zero attached hydrogens (tertiary/aromatic N) is 1. The average molecular weight is 480 g/mol. The van der Waals surface area contributed by atoms with Crippen LogP contribution < -0.4 is 4.74 Å². The van der Waals surface area contributed by atoms with Crippen molar-refractivity contribution in [3.8, 4) is 5.75 Å². The first-order valence-corrected chi connectivity index (χ1v) is 14.0. The molecule has 8 heteroatoms. The summed E-state index contributed by atoms with van der Waals surface area (Å²) in [5, 5.41) is 0. The van der Waals surface area contributed by atoms with Gasteiger partial charge in [-0.1, -0.05) is 0 Å². The molecule has 0 N–H and O–H groups in total. The van der Waals surface area contributed by atoms with E-state index in [2.05, 4.69) is 0 Å². The van der Waals surface area contributed by atoms with Crippen LogP contribution in [0.15, 0.2) is 29.2 Å². The molecule has 0 unspecified atom stereocenters. The summed E-state index contributed by atoms with van der Waals surface area (Å²) in [5.74, 6) is 0.706. The molecule has 1 aromatic rings. The fraction of sp³-hybridized carbons (Fsp3) is 0.720. The summed E-state index contributed by atoms with van der Waals surface area (Å²) < 4.78 is 41.4. The molecule has 3 fully saturated rings. The molecule has 4 rings (SSSR count). The van der Waals surface area contributed by atoms with Crippen molar-refractivity contribution in [2.45, 2.75) is 113 Å². The normalized spacial score (nSPS) is 30.2. The molecule has 1 amide bonds. The van der Waals surface area contributed by atoms with Gasteiger partial charge in [-0.15, -0.1) is 0 Å². The SMILES string of the molecule is CC(C)(C)OC(=O)N1[C@@H]2CC[C@H]1C[C@H](O[C@H]1CC[C@H](Oc3ccc(S(C)(=O)=O)cc3)CC1)C2. The Morgan fingerprint density at radius 2 is 1.42 bits per heavy atom. The molecule has 0 spiro atoms. The minimum Gasteiger partial charge on any atom is -0.490 e. The van der Waals surface area contributed by atoms with Gasteiger partial charge in [0.15, 0.2) is 9.84 Å². The van der Waals surface area contributed by atoms with Crippen LogP contribution in [0.1, 0.15) is 72.1 Å². The zero-order chi connectivity index (χ0) is 23.8. The predicted octanol–water partition coefficient (Wildman–Crippen LogP) is 4.73. The first-order chi connectivity index (χ1) is 15.5. The van der Waals surface area contributed by atoms with Crippen molar-refractivity contribution in [3.63, 3.8) is 0 Å². The molecular weight excluding hydrogens is 442 g/mol. The van der Waals surface area contributed by atoms with Gasteiger partial charge in [0, 0.05) is 18.3 Å². The maximum Gasteiger partial charge on any atom is 0.410 e. The molecule has 7 nitrogen and oxygen atoms in total. The van der Waals surface area contributed by atoms with Crippen LogP contribution in [0.3, 0.4) is 0 Å². The number of hydrogen-bond donors (Lipinski definition) is 0. The summed E-state index contributed by atoms with van der Waals surface area (Å²) in [6, 6.07) is 7.09. The fourth-order valence-corrected chi connectivity index (χ4v) is 6.00. The maximum absolute atomic E-state index is 12.6. The Hall–Kier alpha value is -1.80. The number of carbonyl (C=O) groups excluding carboxylic acids is 1. The molecule has 2 bridgehead atoms. The highest BCUT2D eigenvalue weighted by molar-refractivity contribution is 7.90. The molecule has 3 aliphatic rings. The zero-order valence-electron chi connectivity index (χ0n) is 20.2. The summed E-state index contributed by atoms with van der Waals surface area (Å²) in [5.41, 5.74) is -0.472. The minimum absolute atomic E-state index is 0.124. The average Bonchev–Trinajstić information content (AvgIpc) is 2.99. The number of ether oxygens (including phenoxy) is 3. The number of carbonyl (C=O) groups is 1. The second-order valence-electron chi connectivity index (χ2n) is 10.8. The second-order valence-corrected chi connectivity index (χ2v) is 12.8. The third-order valence-electron chi connectivity index (χ3n) is 6.85. The largest absolute Gasteiger partial charge is 0.490 e. The Kier molecular flexibility index (Phi) is 6.97. The Morgan fingerprint density at radius 3 is 1.94 bits per heavy atom. The van der Waals surface area contributed by atoms with Crippen LogP contribution in [0.5, 0.6) is 5.75 Å². The van der Waals surface area contributed by atoms with Crippen LogP contribution in [0, 0.1) is 0 Å². The highest BCUT2D eigenvalue weighted by Crippen LogP contribution is 2.39. The van der Waals surface area contributed by atoms with E-state index < -0.39 is 15.4 Å². The lowest BCUT2D eigenvalue weighted by Gasteiger charge is -2.41. The van der Waals surface area contributed by atoms with Crippen molar-refractivity contribution >= 4 is 15.9 Å². The van der Waals surface area contributed by atoms with Crippen LogP contribution >= 0.6 is 0 Å². The van der Waals surface area contributed by atoms with E-state index in [4.69, 9.17) is 14.2 Å². The summed E-state index contributed by atoms with van der Waals surface area (Å²) in [7, 11) is -3.19. The lowest BCUT2D eigenvalue weighted by atomic mass is 9.93. The van der Waals surface area contributed by atoms with Crippen LogP contribution in [-0.4, -0.2) is 61.7 Å². The van der Waals surface area contributed by atoms with Crippen molar-refractivity contribution < 1.29 is 27.4 Å². The molecule has 1 saturated carbocycles. The van der Waals surface area contributed by atoms with Crippen LogP contribution in [0.2, 0.25) is 0 Å². The summed E-state index contributed by atoms with van der Waals surface area (Å²) >= 11 is 0. The van der Waals surface area contributed by atoms with Crippen molar-refractivity contribution in [3.05, 3.63) is 24.3 Å². The lowest BCUT2D eigenvalue weighted by Crippen LogP contribution is -2.50. The Morgan fingerprint density at radius 1 is 0.879 bits per heavy atom. The van der Waals surface area contributed by atoms with Crippen molar-refractivity contribution in [1.82, 2.24) is 4.90 Å². The highest BCUT2D eigenvalue weighted by atomic mass is 32.2. The number of fused-ring (bicyclic) bond motifs is 2. The lowest BCUT2D eigenvalue weighted by molar-refractivity contribution is -0.0812. The number of benzene rings is 1. The fourth-order valence-electron chi connectivity index (χ4n) is 5.37. The van der Waals surface area contributed by atoms with E-state index in [0.29, 0.717) is 10.6 Å². The molecular formula is C25H37NO6S. The highest BCUT2D eigenvalue weighted by Gasteiger charge is 2.45. The van der Waals surface area contributed by atoms with Crippen molar-refractivity contribution in [2.75, 3.05) is 6.26 Å². The molecule has 184 valence electrons. The van der Waals surface area contributed by atoms with Gasteiger partial charge in [-0.25, -0.2) is 13.2 Å². The molecule has 1 aromatic carbocycles. The monoisotopic (exact) mass is 479 g/mol. The topological polar surface area (TPSA) is 82.1 Å². The molecule has 0 aromatic heterocycles. The molecule has 2 heterocycles. The van der Waals surface area contributed by atoms with E-state index in [1.807, 2.05) is 25.7 Å². The van der Waals surface area contributed by atoms with Crippen molar-refractivity contribution in [2.24, 2.45) is 0 Å². The van der Waals surface area contributed by atoms with Gasteiger partial charge < -0.3 is 19.1 Å². The van der Waals surface area contributed by atoms with E-state index in [1.54, 1.807) is 24.3 Å². The van der Waals surface area contributed by atoms with Crippen LogP contribution in [-0.2, 0) is 19.3 Å². The van der Waals surface area contributed by atoms with E-state index >= 15 is 0 Å². The van der Waals surface area contributed by atoms with Gasteiger partial charge in [-0.05, 0) is 96.4 Å². The summed E-state index contributed by atoms with van der Waals surface area (Å²) in [6.45, 7) is 5.73. The van der Waals surface area contributed by atoms with E-state index in [-0.39, 0.29) is 36.5 Å². The Balaban J connectivity index is 1.23. The van der Waals surface area contributed by atoms with Gasteiger partial charge in [0.1, 0.15) is 11.4 Å². The number of sulfone groups is 1. The number of hydrogen-bond acceptors (Lipinski definition) is 6. The second kappa shape index (κ2) is 9.45.